The molecule has 3 aliphatic rings. The average molecular weight is 1670 g/mol. The van der Waals surface area contributed by atoms with Gasteiger partial charge in [0.2, 0.25) is 0 Å². The Morgan fingerprint density at radius 3 is 1.28 bits per heavy atom. The van der Waals surface area contributed by atoms with Gasteiger partial charge in [-0.15, -0.1) is 5.10 Å². The zero-order valence-corrected chi connectivity index (χ0v) is 73.4. The van der Waals surface area contributed by atoms with Gasteiger partial charge < -0.3 is 88.9 Å². The number of hydrogen-bond acceptors (Lipinski definition) is 21. The van der Waals surface area contributed by atoms with Crippen molar-refractivity contribution in [3.8, 4) is 0 Å². The lowest BCUT2D eigenvalue weighted by molar-refractivity contribution is -0.207. The van der Waals surface area contributed by atoms with Gasteiger partial charge in [0.25, 0.3) is 17.4 Å². The van der Waals surface area contributed by atoms with Gasteiger partial charge in [0.1, 0.15) is 47.3 Å². The lowest BCUT2D eigenvalue weighted by Crippen LogP contribution is -2.52. The second-order valence-corrected chi connectivity index (χ2v) is 33.9. The Labute approximate surface area is 696 Å². The Bertz CT molecular complexity index is 4510. The molecule has 0 aliphatic carbocycles. The number of aryl methyl sites for hydroxylation is 2. The molecular formula is C83H120Cl3N15O15. The molecule has 116 heavy (non-hydrogen) atoms. The van der Waals surface area contributed by atoms with E-state index in [-0.39, 0.29) is 54.7 Å². The van der Waals surface area contributed by atoms with Crippen LogP contribution in [0, 0.1) is 13.8 Å². The van der Waals surface area contributed by atoms with E-state index in [9.17, 15) is 28.8 Å². The van der Waals surface area contributed by atoms with Gasteiger partial charge in [0, 0.05) is 157 Å². The maximum Gasteiger partial charge on any atom is 0.407 e. The van der Waals surface area contributed by atoms with Gasteiger partial charge in [0.05, 0.1) is 17.8 Å². The van der Waals surface area contributed by atoms with E-state index in [1.807, 2.05) is 163 Å². The number of benzene rings is 3. The first-order valence-electron chi connectivity index (χ1n) is 39.2. The van der Waals surface area contributed by atoms with E-state index < -0.39 is 58.7 Å². The minimum atomic E-state index is -1.04. The number of fused-ring (bicyclic) bond motifs is 1. The Morgan fingerprint density at radius 1 is 0.500 bits per heavy atom. The molecule has 0 radical (unpaired) electrons. The number of aromatic amines is 1. The Kier molecular flexibility index (Phi) is 32.5. The van der Waals surface area contributed by atoms with E-state index in [2.05, 4.69) is 46.3 Å². The fourth-order valence-corrected chi connectivity index (χ4v) is 14.6. The fourth-order valence-electron chi connectivity index (χ4n) is 14.0. The van der Waals surface area contributed by atoms with Crippen molar-refractivity contribution >= 4 is 87.9 Å². The number of alkyl carbamates (subject to hydrolysis) is 3. The van der Waals surface area contributed by atoms with Crippen LogP contribution < -0.4 is 46.8 Å². The van der Waals surface area contributed by atoms with Crippen LogP contribution in [0.15, 0.2) is 77.6 Å². The van der Waals surface area contributed by atoms with Gasteiger partial charge >= 0.3 is 18.3 Å². The number of aromatic nitrogens is 7. The zero-order chi connectivity index (χ0) is 85.4. The number of nitrogens with zero attached hydrogens (tertiary/aromatic N) is 9. The molecule has 3 aromatic carbocycles. The van der Waals surface area contributed by atoms with Crippen molar-refractivity contribution in [2.45, 2.75) is 234 Å². The van der Waals surface area contributed by atoms with Gasteiger partial charge in [-0.3, -0.25) is 14.4 Å². The van der Waals surface area contributed by atoms with Crippen LogP contribution in [0.1, 0.15) is 194 Å². The molecular weight excluding hydrogens is 1550 g/mol. The molecule has 0 bridgehead atoms. The number of rotatable bonds is 26. The summed E-state index contributed by atoms with van der Waals surface area (Å²) in [5, 5.41) is 31.3. The number of hydrogen-bond donors (Lipinski definition) is 6. The first-order chi connectivity index (χ1) is 54.7. The topological polar surface area (TPSA) is 324 Å². The number of halogens is 3. The highest BCUT2D eigenvalue weighted by atomic mass is 35.5. The van der Waals surface area contributed by atoms with Crippen LogP contribution in [0.25, 0.3) is 5.52 Å². The van der Waals surface area contributed by atoms with Gasteiger partial charge in [0.15, 0.2) is 28.9 Å². The first-order valence-corrected chi connectivity index (χ1v) is 40.3. The second kappa shape index (κ2) is 40.6. The number of anilines is 3. The third-order valence-corrected chi connectivity index (χ3v) is 21.6. The van der Waals surface area contributed by atoms with Crippen LogP contribution in [0.4, 0.5) is 31.8 Å². The van der Waals surface area contributed by atoms with Crippen LogP contribution in [0.2, 0.25) is 15.1 Å². The molecule has 3 saturated heterocycles. The number of amides is 5. The molecule has 4 aromatic heterocycles. The fraction of sp³-hybridized carbons (Fsp3) is 0.578. The van der Waals surface area contributed by atoms with Crippen molar-refractivity contribution in [1.82, 2.24) is 60.7 Å². The molecule has 10 rings (SSSR count). The molecule has 3 fully saturated rings. The van der Waals surface area contributed by atoms with Crippen LogP contribution in [0.3, 0.4) is 0 Å². The van der Waals surface area contributed by atoms with Crippen LogP contribution in [-0.4, -0.2) is 205 Å². The third kappa shape index (κ3) is 24.7. The van der Waals surface area contributed by atoms with Crippen LogP contribution in [-0.2, 0) is 75.4 Å². The van der Waals surface area contributed by atoms with Gasteiger partial charge in [-0.25, -0.2) is 28.3 Å². The van der Waals surface area contributed by atoms with Gasteiger partial charge in [-0.1, -0.05) is 89.4 Å². The highest BCUT2D eigenvalue weighted by molar-refractivity contribution is 6.32. The molecule has 0 saturated carbocycles. The number of methoxy groups -OCH3 is 6. The highest BCUT2D eigenvalue weighted by Gasteiger charge is 2.40. The predicted molar refractivity (Wildman–Crippen MR) is 449 cm³/mol. The predicted octanol–water partition coefficient (Wildman–Crippen LogP) is 13.1. The number of nitrogens with one attached hydrogen (secondary N) is 6. The molecule has 7 heterocycles. The van der Waals surface area contributed by atoms with Crippen molar-refractivity contribution < 1.29 is 66.6 Å². The monoisotopic (exact) mass is 1670 g/mol. The van der Waals surface area contributed by atoms with E-state index in [4.69, 9.17) is 92.7 Å². The smallest absolute Gasteiger partial charge is 0.407 e. The minimum Gasteiger partial charge on any atom is -0.444 e. The summed E-state index contributed by atoms with van der Waals surface area (Å²) in [6, 6.07) is 21.3. The van der Waals surface area contributed by atoms with E-state index in [1.54, 1.807) is 41.9 Å². The maximum atomic E-state index is 13.9. The SMILES string of the molecule is COCn1nc(C(=O)NC(C)C(C)(OC)OC)c(Cc2ccccc2Cl)c1N1CCC[C@@H](NC(=O)OC(C)(C)C)C1.COCn1nc(N2CCC[C@@H](NC(=O)OC(C)(C)C)C2)c(Cc2ccccc2Cl)c1C(=O)NC(C)C(C)(OC)OC.Cc1[nH]c(=O)c2c(Cc3ccccc3Cl)c(N3CCC[C@@H](NC(=O)OC(C)(C)C)C3)nn2c1C. The Morgan fingerprint density at radius 2 is 0.871 bits per heavy atom. The molecule has 638 valence electrons. The Hall–Kier alpha value is -8.72. The number of ether oxygens (including phenoxy) is 9. The van der Waals surface area contributed by atoms with Crippen molar-refractivity contribution in [3.05, 3.63) is 154 Å². The summed E-state index contributed by atoms with van der Waals surface area (Å²) >= 11 is 19.6. The standard InChI is InChI=1S/2C29H44ClN5O6.C25H32ClN5O3/c1-19(29(5,39-7)40-8)31-25(36)24-22(16-20-12-9-10-14-23(20)30)26(35(33-24)18-38-6)34-15-11-13-21(17-34)32-27(37)41-28(2,3)4;1-19(29(5,39-7)40-8)31-26(36)24-22(16-20-12-9-10-14-23(20)30)25(33-35(24)18-38-6)34-15-11-13-21(17-34)32-27(37)41-28(2,3)4;1-15-16(2)31-21(23(32)27-15)19(13-17-9-6-7-11-20(17)26)22(29-31)30-12-8-10-18(14-30)28-24(33)34-25(3,4)5/h2*9-10,12,14,19,21H,11,13,15-18H2,1-8H3,(H,31,36)(H,32,37);6-7,9,11,18H,8,10,12-14H2,1-5H3,(H,27,32)(H,28,33)/t2*19?,21-;18-/m111/s1. The summed E-state index contributed by atoms with van der Waals surface area (Å²) in [5.41, 5.74) is 5.73. The van der Waals surface area contributed by atoms with E-state index >= 15 is 0 Å². The number of piperidine rings is 3. The van der Waals surface area contributed by atoms with E-state index in [0.717, 1.165) is 90.3 Å². The Balaban J connectivity index is 0.000000218. The summed E-state index contributed by atoms with van der Waals surface area (Å²) < 4.78 is 54.4. The maximum absolute atomic E-state index is 13.9. The largest absolute Gasteiger partial charge is 0.444 e. The summed E-state index contributed by atoms with van der Waals surface area (Å²) in [6.45, 7) is 31.4. The first kappa shape index (κ1) is 92.8. The molecule has 3 aliphatic heterocycles. The van der Waals surface area contributed by atoms with Crippen LogP contribution >= 0.6 is 34.8 Å². The number of carbonyl (C=O) groups excluding carboxylic acids is 5. The number of H-pyrrole nitrogens is 1. The summed E-state index contributed by atoms with van der Waals surface area (Å²) in [4.78, 5) is 87.4. The van der Waals surface area contributed by atoms with Crippen molar-refractivity contribution in [2.75, 3.05) is 96.6 Å². The summed E-state index contributed by atoms with van der Waals surface area (Å²) in [7, 11) is 9.23. The third-order valence-electron chi connectivity index (χ3n) is 20.5. The summed E-state index contributed by atoms with van der Waals surface area (Å²) in [6.07, 6.45) is 4.83. The summed E-state index contributed by atoms with van der Waals surface area (Å²) in [5.74, 6) is -0.689. The molecule has 5 amide bonds. The molecule has 6 N–H and O–H groups in total. The molecule has 7 aromatic rings. The van der Waals surface area contributed by atoms with E-state index in [0.29, 0.717) is 95.2 Å². The number of carbonyl (C=O) groups is 5. The van der Waals surface area contributed by atoms with E-state index in [1.165, 1.54) is 28.4 Å². The zero-order valence-electron chi connectivity index (χ0n) is 71.1. The van der Waals surface area contributed by atoms with Crippen molar-refractivity contribution in [3.63, 3.8) is 0 Å². The van der Waals surface area contributed by atoms with Gasteiger partial charge in [-0.05, 0) is 177 Å². The van der Waals surface area contributed by atoms with Gasteiger partial charge in [-0.2, -0.15) is 10.2 Å². The molecule has 30 nitrogen and oxygen atoms in total. The minimum absolute atomic E-state index is 0.0614. The highest BCUT2D eigenvalue weighted by Crippen LogP contribution is 2.36. The molecule has 33 heteroatoms. The quantitative estimate of drug-likeness (QED) is 0.0217. The molecule has 2 unspecified atom stereocenters. The second-order valence-electron chi connectivity index (χ2n) is 32.7. The lowest BCUT2D eigenvalue weighted by atomic mass is 10.0. The van der Waals surface area contributed by atoms with Crippen molar-refractivity contribution in [1.29, 1.82) is 0 Å². The molecule has 0 spiro atoms. The molecule has 5 atom stereocenters. The normalized spacial score (nSPS) is 16.8. The van der Waals surface area contributed by atoms with Crippen molar-refractivity contribution in [2.24, 2.45) is 0 Å². The van der Waals surface area contributed by atoms with Crippen LogP contribution in [0.5, 0.6) is 0 Å². The average Bonchev–Trinajstić information content (AvgIpc) is 1.61. The lowest BCUT2D eigenvalue weighted by Gasteiger charge is -2.35.